The lowest BCUT2D eigenvalue weighted by atomic mass is 9.97. The van der Waals surface area contributed by atoms with Crippen LogP contribution in [0.1, 0.15) is 22.3 Å². The highest BCUT2D eigenvalue weighted by Gasteiger charge is 2.15. The fourth-order valence-electron chi connectivity index (χ4n) is 2.15. The molecule has 0 aliphatic heterocycles. The number of benzene rings is 2. The number of hydrogen-bond acceptors (Lipinski definition) is 2. The van der Waals surface area contributed by atoms with Crippen LogP contribution in [0.15, 0.2) is 36.4 Å². The van der Waals surface area contributed by atoms with Gasteiger partial charge in [-0.2, -0.15) is 0 Å². The normalized spacial score (nSPS) is 10.5. The van der Waals surface area contributed by atoms with Gasteiger partial charge in [0.15, 0.2) is 0 Å². The molecule has 98 valence electrons. The molecule has 0 aliphatic carbocycles. The van der Waals surface area contributed by atoms with E-state index in [2.05, 4.69) is 0 Å². The molecule has 0 amide bonds. The predicted octanol–water partition coefficient (Wildman–Crippen LogP) is 3.94. The summed E-state index contributed by atoms with van der Waals surface area (Å²) in [7, 11) is 0. The molecule has 2 rings (SSSR count). The first-order chi connectivity index (χ1) is 8.97. The summed E-state index contributed by atoms with van der Waals surface area (Å²) in [6.45, 7) is 3.55. The van der Waals surface area contributed by atoms with Crippen LogP contribution in [-0.2, 0) is 6.42 Å². The van der Waals surface area contributed by atoms with Gasteiger partial charge in [0.2, 0.25) is 0 Å². The fraction of sp³-hybridized carbons (Fsp3) is 0.200. The van der Waals surface area contributed by atoms with E-state index in [-0.39, 0.29) is 16.4 Å². The average molecular weight is 259 g/mol. The number of nitrogens with zero attached hydrogens (tertiary/aromatic N) is 1. The van der Waals surface area contributed by atoms with Crippen molar-refractivity contribution < 1.29 is 9.31 Å². The van der Waals surface area contributed by atoms with E-state index in [1.807, 2.05) is 19.1 Å². The van der Waals surface area contributed by atoms with Gasteiger partial charge in [0.05, 0.1) is 4.92 Å². The smallest absolute Gasteiger partial charge is 0.258 e. The summed E-state index contributed by atoms with van der Waals surface area (Å²) in [4.78, 5) is 10.6. The zero-order chi connectivity index (χ0) is 14.0. The molecule has 0 N–H and O–H groups in total. The van der Waals surface area contributed by atoms with E-state index < -0.39 is 0 Å². The van der Waals surface area contributed by atoms with Crippen LogP contribution in [0.3, 0.4) is 0 Å². The van der Waals surface area contributed by atoms with Crippen LogP contribution >= 0.6 is 0 Å². The van der Waals surface area contributed by atoms with Crippen LogP contribution in [0, 0.1) is 29.8 Å². The Bertz CT molecular complexity index is 638. The second kappa shape index (κ2) is 5.18. The molecule has 0 unspecified atom stereocenters. The van der Waals surface area contributed by atoms with Gasteiger partial charge in [-0.15, -0.1) is 0 Å². The molecule has 19 heavy (non-hydrogen) atoms. The monoisotopic (exact) mass is 259 g/mol. The molecular weight excluding hydrogens is 245 g/mol. The minimum absolute atomic E-state index is 0.117. The van der Waals surface area contributed by atoms with Crippen molar-refractivity contribution in [2.24, 2.45) is 0 Å². The predicted molar refractivity (Wildman–Crippen MR) is 71.8 cm³/mol. The van der Waals surface area contributed by atoms with Gasteiger partial charge in [0, 0.05) is 11.6 Å². The Morgan fingerprint density at radius 2 is 1.95 bits per heavy atom. The Hall–Kier alpha value is -2.23. The maximum atomic E-state index is 13.1. The molecule has 4 heteroatoms. The zero-order valence-corrected chi connectivity index (χ0v) is 10.8. The van der Waals surface area contributed by atoms with Crippen molar-refractivity contribution >= 4 is 5.69 Å². The molecule has 3 nitrogen and oxygen atoms in total. The third-order valence-corrected chi connectivity index (χ3v) is 3.11. The van der Waals surface area contributed by atoms with Crippen molar-refractivity contribution in [3.05, 3.63) is 74.6 Å². The summed E-state index contributed by atoms with van der Waals surface area (Å²) in [5.41, 5.74) is 3.26. The second-order valence-corrected chi connectivity index (χ2v) is 4.63. The maximum Gasteiger partial charge on any atom is 0.272 e. The average Bonchev–Trinajstić information content (AvgIpc) is 2.33. The van der Waals surface area contributed by atoms with Gasteiger partial charge >= 0.3 is 0 Å². The molecule has 0 heterocycles. The summed E-state index contributed by atoms with van der Waals surface area (Å²) in [6.07, 6.45) is 0.492. The second-order valence-electron chi connectivity index (χ2n) is 4.63. The van der Waals surface area contributed by atoms with Crippen molar-refractivity contribution in [3.63, 3.8) is 0 Å². The Morgan fingerprint density at radius 3 is 2.58 bits per heavy atom. The van der Waals surface area contributed by atoms with E-state index in [0.29, 0.717) is 12.0 Å². The van der Waals surface area contributed by atoms with Gasteiger partial charge in [-0.3, -0.25) is 10.1 Å². The summed E-state index contributed by atoms with van der Waals surface area (Å²) in [6, 6.07) is 9.77. The molecule has 2 aromatic rings. The third kappa shape index (κ3) is 2.96. The highest BCUT2D eigenvalue weighted by atomic mass is 19.1. The van der Waals surface area contributed by atoms with E-state index in [1.165, 1.54) is 12.1 Å². The number of nitro groups is 1. The maximum absolute atomic E-state index is 13.1. The third-order valence-electron chi connectivity index (χ3n) is 3.11. The lowest BCUT2D eigenvalue weighted by molar-refractivity contribution is -0.385. The number of aryl methyl sites for hydroxylation is 1. The van der Waals surface area contributed by atoms with Crippen molar-refractivity contribution in [2.45, 2.75) is 20.3 Å². The number of nitro benzene ring substituents is 1. The van der Waals surface area contributed by atoms with Gasteiger partial charge in [-0.05, 0) is 49.1 Å². The molecule has 0 aromatic heterocycles. The molecule has 0 spiro atoms. The summed E-state index contributed by atoms with van der Waals surface area (Å²) < 4.78 is 13.1. The lowest BCUT2D eigenvalue weighted by Gasteiger charge is -2.08. The Morgan fingerprint density at radius 1 is 1.21 bits per heavy atom. The zero-order valence-electron chi connectivity index (χ0n) is 10.8. The van der Waals surface area contributed by atoms with Crippen LogP contribution in [0.5, 0.6) is 0 Å². The van der Waals surface area contributed by atoms with Crippen LogP contribution in [0.4, 0.5) is 10.1 Å². The van der Waals surface area contributed by atoms with E-state index >= 15 is 0 Å². The Balaban J connectivity index is 2.43. The quantitative estimate of drug-likeness (QED) is 0.619. The van der Waals surface area contributed by atoms with Gasteiger partial charge in [-0.25, -0.2) is 4.39 Å². The standard InChI is InChI=1S/C15H14FNO2/c1-10-6-13(11(2)15(7-10)17(18)19)8-12-4-3-5-14(16)9-12/h3-7,9H,8H2,1-2H3. The van der Waals surface area contributed by atoms with Crippen molar-refractivity contribution in [1.29, 1.82) is 0 Å². The molecule has 0 radical (unpaired) electrons. The van der Waals surface area contributed by atoms with Gasteiger partial charge in [0.1, 0.15) is 5.82 Å². The summed E-state index contributed by atoms with van der Waals surface area (Å²) in [5, 5.41) is 11.0. The van der Waals surface area contributed by atoms with E-state index in [1.54, 1.807) is 19.1 Å². The first kappa shape index (κ1) is 13.2. The van der Waals surface area contributed by atoms with E-state index in [0.717, 1.165) is 16.7 Å². The van der Waals surface area contributed by atoms with Gasteiger partial charge in [-0.1, -0.05) is 18.2 Å². The molecule has 0 aliphatic rings. The minimum atomic E-state index is -0.378. The number of hydrogen-bond donors (Lipinski definition) is 0. The molecule has 0 atom stereocenters. The molecule has 0 saturated heterocycles. The first-order valence-corrected chi connectivity index (χ1v) is 5.96. The lowest BCUT2D eigenvalue weighted by Crippen LogP contribution is -1.99. The van der Waals surface area contributed by atoms with E-state index in [4.69, 9.17) is 0 Å². The Kier molecular flexibility index (Phi) is 3.60. The van der Waals surface area contributed by atoms with Crippen molar-refractivity contribution in [2.75, 3.05) is 0 Å². The van der Waals surface area contributed by atoms with Crippen LogP contribution in [0.25, 0.3) is 0 Å². The molecule has 0 fully saturated rings. The number of halogens is 1. The minimum Gasteiger partial charge on any atom is -0.258 e. The first-order valence-electron chi connectivity index (χ1n) is 5.96. The van der Waals surface area contributed by atoms with Crippen LogP contribution < -0.4 is 0 Å². The number of rotatable bonds is 3. The SMILES string of the molecule is Cc1cc(Cc2cccc(F)c2)c(C)c([N+](=O)[O-])c1. The molecule has 2 aromatic carbocycles. The summed E-state index contributed by atoms with van der Waals surface area (Å²) in [5.74, 6) is -0.294. The molecular formula is C15H14FNO2. The molecule has 0 saturated carbocycles. The van der Waals surface area contributed by atoms with Gasteiger partial charge in [0.25, 0.3) is 5.69 Å². The molecule has 0 bridgehead atoms. The Labute approximate surface area is 110 Å². The highest BCUT2D eigenvalue weighted by Crippen LogP contribution is 2.25. The topological polar surface area (TPSA) is 43.1 Å². The highest BCUT2D eigenvalue weighted by molar-refractivity contribution is 5.49. The van der Waals surface area contributed by atoms with Gasteiger partial charge < -0.3 is 0 Å². The van der Waals surface area contributed by atoms with Crippen molar-refractivity contribution in [1.82, 2.24) is 0 Å². The van der Waals surface area contributed by atoms with Crippen molar-refractivity contribution in [3.8, 4) is 0 Å². The van der Waals surface area contributed by atoms with E-state index in [9.17, 15) is 14.5 Å². The van der Waals surface area contributed by atoms with Crippen LogP contribution in [-0.4, -0.2) is 4.92 Å². The largest absolute Gasteiger partial charge is 0.272 e. The van der Waals surface area contributed by atoms with Crippen LogP contribution in [0.2, 0.25) is 0 Å². The fourth-order valence-corrected chi connectivity index (χ4v) is 2.15. The summed E-state index contributed by atoms with van der Waals surface area (Å²) >= 11 is 0.